The maximum atomic E-state index is 12.6. The number of hydrogen-bond donors (Lipinski definition) is 1. The molecule has 1 aromatic heterocycles. The molecule has 130 valence electrons. The lowest BCUT2D eigenvalue weighted by Crippen LogP contribution is -2.41. The molecular weight excluding hydrogens is 328 g/mol. The van der Waals surface area contributed by atoms with E-state index in [1.807, 2.05) is 24.3 Å². The van der Waals surface area contributed by atoms with Crippen molar-refractivity contribution in [3.05, 3.63) is 36.1 Å². The Hall–Kier alpha value is -1.86. The number of benzene rings is 1. The molecule has 2 aromatic rings. The molecule has 0 radical (unpaired) electrons. The van der Waals surface area contributed by atoms with Gasteiger partial charge in [0.2, 0.25) is 10.0 Å². The Morgan fingerprint density at radius 3 is 2.67 bits per heavy atom. The highest BCUT2D eigenvalue weighted by Crippen LogP contribution is 2.23. The predicted molar refractivity (Wildman–Crippen MR) is 92.3 cm³/mol. The van der Waals surface area contributed by atoms with Crippen LogP contribution in [0.1, 0.15) is 30.3 Å². The number of piperidine rings is 1. The Morgan fingerprint density at radius 1 is 1.29 bits per heavy atom. The fraction of sp³-hybridized carbons (Fsp3) is 0.471. The maximum Gasteiger partial charge on any atom is 0.289 e. The van der Waals surface area contributed by atoms with Gasteiger partial charge in [0.1, 0.15) is 5.58 Å². The Kier molecular flexibility index (Phi) is 4.91. The first kappa shape index (κ1) is 17.0. The molecule has 1 saturated heterocycles. The number of nitrogens with zero attached hydrogens (tertiary/aromatic N) is 1. The van der Waals surface area contributed by atoms with Gasteiger partial charge in [0.05, 0.1) is 5.75 Å². The van der Waals surface area contributed by atoms with Crippen molar-refractivity contribution in [2.45, 2.75) is 19.8 Å². The molecule has 1 N–H and O–H groups in total. The van der Waals surface area contributed by atoms with E-state index in [4.69, 9.17) is 4.42 Å². The lowest BCUT2D eigenvalue weighted by molar-refractivity contribution is 0.0662. The number of carbonyl (C=O) groups excluding carboxylic acids is 1. The minimum absolute atomic E-state index is 0.0936. The van der Waals surface area contributed by atoms with Crippen molar-refractivity contribution in [1.82, 2.24) is 9.62 Å². The van der Waals surface area contributed by atoms with Gasteiger partial charge in [-0.1, -0.05) is 18.2 Å². The van der Waals surface area contributed by atoms with Crippen LogP contribution in [-0.2, 0) is 10.0 Å². The Morgan fingerprint density at radius 2 is 2.00 bits per heavy atom. The number of furan rings is 1. The van der Waals surface area contributed by atoms with Crippen molar-refractivity contribution in [3.63, 3.8) is 0 Å². The van der Waals surface area contributed by atoms with Crippen LogP contribution >= 0.6 is 0 Å². The van der Waals surface area contributed by atoms with Gasteiger partial charge in [-0.15, -0.1) is 0 Å². The molecule has 0 saturated carbocycles. The normalized spacial score (nSPS) is 16.6. The zero-order valence-corrected chi connectivity index (χ0v) is 14.5. The van der Waals surface area contributed by atoms with E-state index in [0.29, 0.717) is 31.0 Å². The van der Waals surface area contributed by atoms with Crippen molar-refractivity contribution < 1.29 is 17.6 Å². The molecule has 1 amide bonds. The predicted octanol–water partition coefficient (Wildman–Crippen LogP) is 2.22. The van der Waals surface area contributed by atoms with Crippen LogP contribution < -0.4 is 4.72 Å². The zero-order chi connectivity index (χ0) is 17.2. The fourth-order valence-corrected chi connectivity index (χ4v) is 3.62. The van der Waals surface area contributed by atoms with E-state index in [1.165, 1.54) is 0 Å². The van der Waals surface area contributed by atoms with E-state index >= 15 is 0 Å². The monoisotopic (exact) mass is 350 g/mol. The van der Waals surface area contributed by atoms with Gasteiger partial charge in [0.25, 0.3) is 5.91 Å². The molecule has 1 aliphatic heterocycles. The number of para-hydroxylation sites is 1. The molecule has 1 aliphatic rings. The topological polar surface area (TPSA) is 79.6 Å². The second-order valence-electron chi connectivity index (χ2n) is 6.14. The Bertz CT molecular complexity index is 787. The summed E-state index contributed by atoms with van der Waals surface area (Å²) in [6.45, 7) is 3.31. The van der Waals surface area contributed by atoms with E-state index in [2.05, 4.69) is 4.72 Å². The third kappa shape index (κ3) is 3.79. The Balaban J connectivity index is 1.57. The summed E-state index contributed by atoms with van der Waals surface area (Å²) in [7, 11) is -3.15. The van der Waals surface area contributed by atoms with Gasteiger partial charge in [-0.05, 0) is 37.8 Å². The second-order valence-corrected chi connectivity index (χ2v) is 8.23. The van der Waals surface area contributed by atoms with Gasteiger partial charge in [-0.3, -0.25) is 4.79 Å². The van der Waals surface area contributed by atoms with Crippen LogP contribution in [0.25, 0.3) is 11.0 Å². The van der Waals surface area contributed by atoms with Crippen LogP contribution in [0.15, 0.2) is 34.7 Å². The zero-order valence-electron chi connectivity index (χ0n) is 13.7. The van der Waals surface area contributed by atoms with Crippen LogP contribution in [0.4, 0.5) is 0 Å². The van der Waals surface area contributed by atoms with Gasteiger partial charge in [-0.25, -0.2) is 13.1 Å². The summed E-state index contributed by atoms with van der Waals surface area (Å²) >= 11 is 0. The molecule has 24 heavy (non-hydrogen) atoms. The summed E-state index contributed by atoms with van der Waals surface area (Å²) in [6.07, 6.45) is 1.58. The third-order valence-corrected chi connectivity index (χ3v) is 5.88. The van der Waals surface area contributed by atoms with Gasteiger partial charge in [0.15, 0.2) is 5.76 Å². The quantitative estimate of drug-likeness (QED) is 0.897. The number of rotatable bonds is 5. The van der Waals surface area contributed by atoms with Crippen molar-refractivity contribution in [2.75, 3.05) is 25.4 Å². The molecule has 6 nitrogen and oxygen atoms in total. The number of fused-ring (bicyclic) bond motifs is 1. The lowest BCUT2D eigenvalue weighted by Gasteiger charge is -2.31. The molecule has 1 aromatic carbocycles. The van der Waals surface area contributed by atoms with Crippen LogP contribution in [0.5, 0.6) is 0 Å². The number of hydrogen-bond acceptors (Lipinski definition) is 4. The summed E-state index contributed by atoms with van der Waals surface area (Å²) in [4.78, 5) is 14.3. The van der Waals surface area contributed by atoms with Crippen molar-refractivity contribution >= 4 is 26.9 Å². The highest BCUT2D eigenvalue weighted by molar-refractivity contribution is 7.89. The number of sulfonamides is 1. The van der Waals surface area contributed by atoms with Crippen LogP contribution in [0.3, 0.4) is 0 Å². The van der Waals surface area contributed by atoms with E-state index in [-0.39, 0.29) is 17.6 Å². The van der Waals surface area contributed by atoms with Gasteiger partial charge in [-0.2, -0.15) is 0 Å². The van der Waals surface area contributed by atoms with Crippen LogP contribution in [-0.4, -0.2) is 44.6 Å². The van der Waals surface area contributed by atoms with Crippen molar-refractivity contribution in [3.8, 4) is 0 Å². The van der Waals surface area contributed by atoms with Crippen molar-refractivity contribution in [1.29, 1.82) is 0 Å². The SMILES string of the molecule is CCS(=O)(=O)NCC1CCN(C(=O)c2cc3ccccc3o2)CC1. The molecule has 0 unspecified atom stereocenters. The minimum atomic E-state index is -3.15. The number of carbonyl (C=O) groups is 1. The van der Waals surface area contributed by atoms with Gasteiger partial charge in [0, 0.05) is 25.0 Å². The lowest BCUT2D eigenvalue weighted by atomic mass is 9.97. The number of likely N-dealkylation sites (tertiary alicyclic amines) is 1. The van der Waals surface area contributed by atoms with E-state index in [9.17, 15) is 13.2 Å². The molecule has 0 spiro atoms. The van der Waals surface area contributed by atoms with E-state index in [1.54, 1.807) is 17.9 Å². The summed E-state index contributed by atoms with van der Waals surface area (Å²) in [5.41, 5.74) is 0.713. The van der Waals surface area contributed by atoms with Gasteiger partial charge < -0.3 is 9.32 Å². The summed E-state index contributed by atoms with van der Waals surface area (Å²) < 4.78 is 31.2. The molecule has 0 aliphatic carbocycles. The molecule has 1 fully saturated rings. The average Bonchev–Trinajstić information content (AvgIpc) is 3.04. The molecule has 3 rings (SSSR count). The molecule has 7 heteroatoms. The highest BCUT2D eigenvalue weighted by Gasteiger charge is 2.26. The fourth-order valence-electron chi connectivity index (χ4n) is 2.93. The first-order chi connectivity index (χ1) is 11.5. The second kappa shape index (κ2) is 6.94. The van der Waals surface area contributed by atoms with Crippen LogP contribution in [0, 0.1) is 5.92 Å². The van der Waals surface area contributed by atoms with Gasteiger partial charge >= 0.3 is 0 Å². The van der Waals surface area contributed by atoms with E-state index < -0.39 is 10.0 Å². The standard InChI is InChI=1S/C17H22N2O4S/c1-2-24(21,22)18-12-13-7-9-19(10-8-13)17(20)16-11-14-5-3-4-6-15(14)23-16/h3-6,11,13,18H,2,7-10,12H2,1H3. The summed E-state index contributed by atoms with van der Waals surface area (Å²) in [5.74, 6) is 0.627. The largest absolute Gasteiger partial charge is 0.451 e. The summed E-state index contributed by atoms with van der Waals surface area (Å²) in [6, 6.07) is 9.33. The minimum Gasteiger partial charge on any atom is -0.451 e. The molecule has 0 atom stereocenters. The summed E-state index contributed by atoms with van der Waals surface area (Å²) in [5, 5.41) is 0.921. The van der Waals surface area contributed by atoms with E-state index in [0.717, 1.165) is 18.2 Å². The first-order valence-electron chi connectivity index (χ1n) is 8.23. The highest BCUT2D eigenvalue weighted by atomic mass is 32.2. The molecule has 2 heterocycles. The average molecular weight is 350 g/mol. The maximum absolute atomic E-state index is 12.6. The molecular formula is C17H22N2O4S. The number of amides is 1. The van der Waals surface area contributed by atoms with Crippen LogP contribution in [0.2, 0.25) is 0 Å². The third-order valence-electron chi connectivity index (χ3n) is 4.51. The Labute approximate surface area is 141 Å². The first-order valence-corrected chi connectivity index (χ1v) is 9.89. The smallest absolute Gasteiger partial charge is 0.289 e. The van der Waals surface area contributed by atoms with Crippen molar-refractivity contribution in [2.24, 2.45) is 5.92 Å². The number of nitrogens with one attached hydrogen (secondary N) is 1. The molecule has 0 bridgehead atoms.